The number of hydrogen-bond acceptors (Lipinski definition) is 9. The second-order valence-corrected chi connectivity index (χ2v) is 9.16. The van der Waals surface area contributed by atoms with E-state index in [0.29, 0.717) is 12.8 Å². The van der Waals surface area contributed by atoms with Gasteiger partial charge in [-0.3, -0.25) is 5.21 Å². The third-order valence-electron chi connectivity index (χ3n) is 7.33. The van der Waals surface area contributed by atoms with Crippen LogP contribution in [0.15, 0.2) is 35.4 Å². The Morgan fingerprint density at radius 3 is 2.58 bits per heavy atom. The normalized spacial score (nSPS) is 34.6. The Morgan fingerprint density at radius 1 is 1.29 bits per heavy atom. The number of fused-ring (bicyclic) bond motifs is 2. The van der Waals surface area contributed by atoms with Gasteiger partial charge in [0.1, 0.15) is 18.8 Å². The Morgan fingerprint density at radius 2 is 1.97 bits per heavy atom. The Kier molecular flexibility index (Phi) is 5.33. The number of aliphatic hydroxyl groups is 2. The van der Waals surface area contributed by atoms with Gasteiger partial charge in [-0.15, -0.1) is 0 Å². The van der Waals surface area contributed by atoms with E-state index in [0.717, 1.165) is 12.0 Å². The maximum absolute atomic E-state index is 12.9. The summed E-state index contributed by atoms with van der Waals surface area (Å²) in [6.07, 6.45) is -0.210. The van der Waals surface area contributed by atoms with Crippen LogP contribution in [0.25, 0.3) is 0 Å². The lowest BCUT2D eigenvalue weighted by Gasteiger charge is -2.57. The van der Waals surface area contributed by atoms with Crippen LogP contribution in [0, 0.1) is 22.0 Å². The number of benzene rings is 1. The van der Waals surface area contributed by atoms with Gasteiger partial charge in [0.05, 0.1) is 16.8 Å². The number of nitrogens with zero attached hydrogens (tertiary/aromatic N) is 1. The van der Waals surface area contributed by atoms with Gasteiger partial charge >= 0.3 is 11.9 Å². The van der Waals surface area contributed by atoms with Crippen molar-refractivity contribution in [1.82, 2.24) is 0 Å². The fourth-order valence-corrected chi connectivity index (χ4v) is 5.80. The zero-order valence-corrected chi connectivity index (χ0v) is 17.4. The highest BCUT2D eigenvalue weighted by atomic mass is 16.8. The third-order valence-corrected chi connectivity index (χ3v) is 7.33. The van der Waals surface area contributed by atoms with Crippen molar-refractivity contribution in [3.8, 4) is 0 Å². The lowest BCUT2D eigenvalue weighted by atomic mass is 9.48. The molecule has 0 aromatic heterocycles. The topological polar surface area (TPSA) is 140 Å². The van der Waals surface area contributed by atoms with Crippen LogP contribution in [0.1, 0.15) is 43.5 Å². The maximum atomic E-state index is 12.9. The van der Waals surface area contributed by atoms with Crippen molar-refractivity contribution in [1.29, 1.82) is 0 Å². The Bertz CT molecular complexity index is 926. The predicted molar refractivity (Wildman–Crippen MR) is 108 cm³/mol. The molecular formula is C22H26NO8-. The average molecular weight is 432 g/mol. The highest BCUT2D eigenvalue weighted by Crippen LogP contribution is 2.61. The van der Waals surface area contributed by atoms with Gasteiger partial charge in [-0.2, -0.15) is 0 Å². The molecular weight excluding hydrogens is 406 g/mol. The van der Waals surface area contributed by atoms with Crippen molar-refractivity contribution < 1.29 is 34.5 Å². The van der Waals surface area contributed by atoms with Crippen molar-refractivity contribution >= 4 is 17.6 Å². The smallest absolute Gasteiger partial charge is 0.338 e. The minimum atomic E-state index is -1.37. The molecule has 9 nitrogen and oxygen atoms in total. The fraction of sp³-hybridized carbons (Fsp3) is 0.545. The summed E-state index contributed by atoms with van der Waals surface area (Å²) in [4.78, 5) is 25.3. The van der Waals surface area contributed by atoms with Gasteiger partial charge in [0.2, 0.25) is 0 Å². The van der Waals surface area contributed by atoms with Crippen LogP contribution < -0.4 is 5.23 Å². The molecule has 0 spiro atoms. The standard InChI is InChI=1S/C22H26NO8/c1-21(11-24)8-3-9-22(2)14-10-30-20(27)15(14)16(25)17(18(21)22)31-19(26)12-4-6-13(7-5-12)23(28)29/h4-7,16-18,24-25,28H,3,8-11H2,1-2H3/q-1/t16-,17?,18?,21+,22+/m0/s1. The van der Waals surface area contributed by atoms with Crippen LogP contribution in [0.4, 0.5) is 5.69 Å². The number of anilines is 1. The van der Waals surface area contributed by atoms with Crippen LogP contribution >= 0.6 is 0 Å². The van der Waals surface area contributed by atoms with E-state index in [4.69, 9.17) is 14.7 Å². The molecule has 0 bridgehead atoms. The highest BCUT2D eigenvalue weighted by Gasteiger charge is 2.62. The summed E-state index contributed by atoms with van der Waals surface area (Å²) < 4.78 is 11.0. The summed E-state index contributed by atoms with van der Waals surface area (Å²) in [7, 11) is 0. The molecule has 168 valence electrons. The Balaban J connectivity index is 1.72. The molecule has 3 N–H and O–H groups in total. The van der Waals surface area contributed by atoms with Crippen molar-refractivity contribution in [2.24, 2.45) is 16.7 Å². The first-order chi connectivity index (χ1) is 14.6. The van der Waals surface area contributed by atoms with E-state index < -0.39 is 40.9 Å². The number of aliphatic hydroxyl groups excluding tert-OH is 2. The van der Waals surface area contributed by atoms with E-state index in [1.807, 2.05) is 13.8 Å². The Labute approximate surface area is 179 Å². The van der Waals surface area contributed by atoms with Gasteiger partial charge in [0.25, 0.3) is 0 Å². The second kappa shape index (κ2) is 7.59. The number of carbonyl (C=O) groups is 2. The zero-order valence-electron chi connectivity index (χ0n) is 17.4. The van der Waals surface area contributed by atoms with Crippen LogP contribution in [-0.4, -0.2) is 52.8 Å². The minimum Gasteiger partial charge on any atom is -0.733 e. The highest BCUT2D eigenvalue weighted by molar-refractivity contribution is 5.94. The first-order valence-electron chi connectivity index (χ1n) is 10.3. The molecule has 0 amide bonds. The minimum absolute atomic E-state index is 0.0505. The van der Waals surface area contributed by atoms with Crippen molar-refractivity contribution in [3.05, 3.63) is 46.2 Å². The van der Waals surface area contributed by atoms with Crippen LogP contribution in [0.5, 0.6) is 0 Å². The molecule has 2 unspecified atom stereocenters. The maximum Gasteiger partial charge on any atom is 0.338 e. The summed E-state index contributed by atoms with van der Waals surface area (Å²) in [6.45, 7) is 3.82. The molecule has 1 heterocycles. The predicted octanol–water partition coefficient (Wildman–Crippen LogP) is 1.94. The van der Waals surface area contributed by atoms with E-state index in [1.165, 1.54) is 24.3 Å². The molecule has 5 atom stereocenters. The molecule has 1 fully saturated rings. The summed E-state index contributed by atoms with van der Waals surface area (Å²) in [5.41, 5.74) is -0.265. The number of ether oxygens (including phenoxy) is 2. The third kappa shape index (κ3) is 3.32. The van der Waals surface area contributed by atoms with Gasteiger partial charge in [0, 0.05) is 12.5 Å². The van der Waals surface area contributed by atoms with Crippen LogP contribution in [-0.2, 0) is 14.3 Å². The summed E-state index contributed by atoms with van der Waals surface area (Å²) in [6, 6.07) is 5.18. The first kappa shape index (κ1) is 21.8. The number of cyclic esters (lactones) is 1. The monoisotopic (exact) mass is 432 g/mol. The van der Waals surface area contributed by atoms with Gasteiger partial charge in [0.15, 0.2) is 0 Å². The first-order valence-corrected chi connectivity index (χ1v) is 10.3. The number of rotatable bonds is 4. The van der Waals surface area contributed by atoms with Crippen molar-refractivity contribution in [3.63, 3.8) is 0 Å². The van der Waals surface area contributed by atoms with Crippen molar-refractivity contribution in [2.75, 3.05) is 18.4 Å². The second-order valence-electron chi connectivity index (χ2n) is 9.16. The van der Waals surface area contributed by atoms with Gasteiger partial charge in [-0.25, -0.2) is 9.59 Å². The number of esters is 2. The molecule has 3 aliphatic rings. The van der Waals surface area contributed by atoms with E-state index in [2.05, 4.69) is 0 Å². The van der Waals surface area contributed by atoms with Gasteiger partial charge in [-0.1, -0.05) is 20.3 Å². The molecule has 1 aromatic carbocycles. The zero-order chi connectivity index (χ0) is 22.6. The SMILES string of the molecule is C[C@]1(CO)CCC[C@]2(C)C3=C(C(=O)OC3)[C@H](O)C(OC(=O)c3ccc(N([O-])O)cc3)C12. The lowest BCUT2D eigenvalue weighted by molar-refractivity contribution is -0.145. The Hall–Kier alpha value is -2.46. The number of hydrogen-bond donors (Lipinski definition) is 3. The largest absolute Gasteiger partial charge is 0.733 e. The van der Waals surface area contributed by atoms with E-state index >= 15 is 0 Å². The number of carbonyl (C=O) groups excluding carboxylic acids is 2. The summed E-state index contributed by atoms with van der Waals surface area (Å²) in [5.74, 6) is -1.78. The molecule has 1 aliphatic heterocycles. The molecule has 2 aliphatic carbocycles. The van der Waals surface area contributed by atoms with Crippen molar-refractivity contribution in [2.45, 2.75) is 45.3 Å². The van der Waals surface area contributed by atoms with E-state index in [1.54, 1.807) is 0 Å². The van der Waals surface area contributed by atoms with E-state index in [9.17, 15) is 25.0 Å². The van der Waals surface area contributed by atoms with Gasteiger partial charge in [-0.05, 0) is 53.5 Å². The molecule has 0 saturated heterocycles. The molecule has 9 heteroatoms. The summed E-state index contributed by atoms with van der Waals surface area (Å²) >= 11 is 0. The van der Waals surface area contributed by atoms with Crippen LogP contribution in [0.2, 0.25) is 0 Å². The fourth-order valence-electron chi connectivity index (χ4n) is 5.80. The van der Waals surface area contributed by atoms with Crippen LogP contribution in [0.3, 0.4) is 0 Å². The molecule has 31 heavy (non-hydrogen) atoms. The quantitative estimate of drug-likeness (QED) is 0.481. The molecule has 0 radical (unpaired) electrons. The molecule has 4 rings (SSSR count). The molecule has 1 aromatic rings. The molecule has 1 saturated carbocycles. The summed E-state index contributed by atoms with van der Waals surface area (Å²) in [5, 5.41) is 41.0. The van der Waals surface area contributed by atoms with Gasteiger partial charge < -0.3 is 30.1 Å². The average Bonchev–Trinajstić information content (AvgIpc) is 3.14. The van der Waals surface area contributed by atoms with E-state index in [-0.39, 0.29) is 35.3 Å². The lowest BCUT2D eigenvalue weighted by Crippen LogP contribution is -2.60.